The van der Waals surface area contributed by atoms with E-state index in [-0.39, 0.29) is 11.8 Å². The zero-order valence-electron chi connectivity index (χ0n) is 20.3. The van der Waals surface area contributed by atoms with Crippen molar-refractivity contribution in [2.45, 2.75) is 71.1 Å². The summed E-state index contributed by atoms with van der Waals surface area (Å²) in [5, 5.41) is 11.3. The Hall–Kier alpha value is -3.23. The van der Waals surface area contributed by atoms with Crippen LogP contribution in [-0.4, -0.2) is 48.0 Å². The maximum Gasteiger partial charge on any atom is 0.334 e. The fourth-order valence-corrected chi connectivity index (χ4v) is 5.66. The van der Waals surface area contributed by atoms with Crippen molar-refractivity contribution in [3.8, 4) is 11.1 Å². The number of nitrogens with one attached hydrogen (secondary N) is 1. The number of hydrogen-bond acceptors (Lipinski definition) is 5. The van der Waals surface area contributed by atoms with E-state index < -0.39 is 6.10 Å². The molecule has 0 unspecified atom stereocenters. The standard InChI is InChI=1S/C27H31N5O3/c1-16-12-28-25-24(16)17(2)22(14-29-25)18-10-23-26(30-13-18)32(19-6-4-3-5-7-19)27(34)31(23)15-21-11-20(33)8-9-35-21/h6,10,12-14,20-21,33H,3-5,7-9,11,15H2,1-2H3,(H,28,29)/t20-,21+/m0/s1. The summed E-state index contributed by atoms with van der Waals surface area (Å²) in [4.78, 5) is 26.4. The predicted octanol–water partition coefficient (Wildman–Crippen LogP) is 4.31. The highest BCUT2D eigenvalue weighted by atomic mass is 16.5. The third-order valence-corrected chi connectivity index (χ3v) is 7.52. The molecule has 1 aliphatic heterocycles. The molecule has 2 N–H and O–H groups in total. The first kappa shape index (κ1) is 22.2. The Labute approximate surface area is 203 Å². The summed E-state index contributed by atoms with van der Waals surface area (Å²) in [5.41, 5.74) is 7.49. The SMILES string of the molecule is Cc1c[nH]c2ncc(-c3cnc4c(c3)n(C[C@H]3C[C@@H](O)CCO3)c(=O)n4C3=CCCCC3)c(C)c12. The van der Waals surface area contributed by atoms with Crippen molar-refractivity contribution < 1.29 is 9.84 Å². The lowest BCUT2D eigenvalue weighted by molar-refractivity contribution is -0.0496. The summed E-state index contributed by atoms with van der Waals surface area (Å²) >= 11 is 0. The highest BCUT2D eigenvalue weighted by Crippen LogP contribution is 2.32. The van der Waals surface area contributed by atoms with E-state index in [0.29, 0.717) is 31.6 Å². The Balaban J connectivity index is 1.52. The largest absolute Gasteiger partial charge is 0.393 e. The molecule has 0 radical (unpaired) electrons. The number of rotatable bonds is 4. The van der Waals surface area contributed by atoms with E-state index in [9.17, 15) is 9.90 Å². The predicted molar refractivity (Wildman–Crippen MR) is 136 cm³/mol. The molecule has 5 heterocycles. The lowest BCUT2D eigenvalue weighted by atomic mass is 10.0. The van der Waals surface area contributed by atoms with Crippen molar-refractivity contribution in [2.75, 3.05) is 6.61 Å². The van der Waals surface area contributed by atoms with Gasteiger partial charge in [-0.15, -0.1) is 0 Å². The van der Waals surface area contributed by atoms with Crippen LogP contribution in [0.15, 0.2) is 35.5 Å². The van der Waals surface area contributed by atoms with E-state index in [1.807, 2.05) is 18.6 Å². The van der Waals surface area contributed by atoms with Crippen LogP contribution in [0.1, 0.15) is 49.7 Å². The number of imidazole rings is 1. The van der Waals surface area contributed by atoms with Gasteiger partial charge in [0.25, 0.3) is 0 Å². The Morgan fingerprint density at radius 3 is 2.91 bits per heavy atom. The first-order valence-electron chi connectivity index (χ1n) is 12.6. The number of aliphatic hydroxyl groups excluding tert-OH is 1. The molecule has 1 fully saturated rings. The fourth-order valence-electron chi connectivity index (χ4n) is 5.66. The third-order valence-electron chi connectivity index (χ3n) is 7.52. The van der Waals surface area contributed by atoms with Crippen molar-refractivity contribution >= 4 is 27.9 Å². The molecule has 35 heavy (non-hydrogen) atoms. The van der Waals surface area contributed by atoms with Gasteiger partial charge in [-0.05, 0) is 63.1 Å². The number of nitrogens with zero attached hydrogens (tertiary/aromatic N) is 4. The van der Waals surface area contributed by atoms with Crippen molar-refractivity contribution in [1.82, 2.24) is 24.1 Å². The monoisotopic (exact) mass is 473 g/mol. The normalized spacial score (nSPS) is 21.1. The first-order chi connectivity index (χ1) is 17.0. The molecule has 0 spiro atoms. The second kappa shape index (κ2) is 8.77. The van der Waals surface area contributed by atoms with Crippen molar-refractivity contribution in [1.29, 1.82) is 0 Å². The molecule has 8 nitrogen and oxygen atoms in total. The number of H-pyrrole nitrogens is 1. The molecule has 2 aliphatic rings. The number of aromatic amines is 1. The van der Waals surface area contributed by atoms with Gasteiger partial charge in [0.2, 0.25) is 0 Å². The third kappa shape index (κ3) is 3.81. The fraction of sp³-hybridized carbons (Fsp3) is 0.444. The highest BCUT2D eigenvalue weighted by molar-refractivity contribution is 5.90. The molecule has 4 aromatic heterocycles. The lowest BCUT2D eigenvalue weighted by Gasteiger charge is -2.26. The summed E-state index contributed by atoms with van der Waals surface area (Å²) < 4.78 is 9.48. The van der Waals surface area contributed by atoms with Crippen LogP contribution in [0.2, 0.25) is 0 Å². The van der Waals surface area contributed by atoms with Gasteiger partial charge in [-0.1, -0.05) is 6.08 Å². The second-order valence-electron chi connectivity index (χ2n) is 9.90. The first-order valence-corrected chi connectivity index (χ1v) is 12.6. The summed E-state index contributed by atoms with van der Waals surface area (Å²) in [6.45, 7) is 5.08. The molecule has 0 aromatic carbocycles. The zero-order valence-corrected chi connectivity index (χ0v) is 20.3. The molecule has 0 saturated carbocycles. The molecule has 1 saturated heterocycles. The van der Waals surface area contributed by atoms with E-state index in [1.54, 1.807) is 9.13 Å². The Kier molecular flexibility index (Phi) is 5.57. The second-order valence-corrected chi connectivity index (χ2v) is 9.90. The maximum atomic E-state index is 13.8. The zero-order chi connectivity index (χ0) is 24.1. The van der Waals surface area contributed by atoms with Gasteiger partial charge in [0.15, 0.2) is 5.65 Å². The summed E-state index contributed by atoms with van der Waals surface area (Å²) in [5.74, 6) is 0. The van der Waals surface area contributed by atoms with Crippen LogP contribution in [-0.2, 0) is 11.3 Å². The highest BCUT2D eigenvalue weighted by Gasteiger charge is 2.26. The maximum absolute atomic E-state index is 13.8. The van der Waals surface area contributed by atoms with Gasteiger partial charge in [-0.3, -0.25) is 4.57 Å². The van der Waals surface area contributed by atoms with Gasteiger partial charge >= 0.3 is 5.69 Å². The topological polar surface area (TPSA) is 98.0 Å². The van der Waals surface area contributed by atoms with Crippen molar-refractivity contribution in [2.24, 2.45) is 0 Å². The minimum Gasteiger partial charge on any atom is -0.393 e. The van der Waals surface area contributed by atoms with Crippen LogP contribution < -0.4 is 5.69 Å². The molecule has 1 aliphatic carbocycles. The van der Waals surface area contributed by atoms with E-state index in [4.69, 9.17) is 9.72 Å². The summed E-state index contributed by atoms with van der Waals surface area (Å²) in [6.07, 6.45) is 12.5. The van der Waals surface area contributed by atoms with Crippen LogP contribution in [0, 0.1) is 13.8 Å². The number of pyridine rings is 2. The number of allylic oxidation sites excluding steroid dienone is 2. The van der Waals surface area contributed by atoms with Crippen molar-refractivity contribution in [3.05, 3.63) is 52.3 Å². The van der Waals surface area contributed by atoms with Gasteiger partial charge in [0, 0.05) is 53.8 Å². The van der Waals surface area contributed by atoms with Gasteiger partial charge in [0.05, 0.1) is 24.3 Å². The number of ether oxygens (including phenoxy) is 1. The summed E-state index contributed by atoms with van der Waals surface area (Å²) in [6, 6.07) is 2.06. The van der Waals surface area contributed by atoms with E-state index in [0.717, 1.165) is 70.2 Å². The number of aryl methyl sites for hydroxylation is 2. The Bertz CT molecular complexity index is 1510. The molecule has 0 bridgehead atoms. The number of fused-ring (bicyclic) bond motifs is 2. The lowest BCUT2D eigenvalue weighted by Crippen LogP contribution is -2.35. The van der Waals surface area contributed by atoms with Gasteiger partial charge in [-0.25, -0.2) is 19.3 Å². The Morgan fingerprint density at radius 2 is 2.11 bits per heavy atom. The van der Waals surface area contributed by atoms with Crippen LogP contribution in [0.4, 0.5) is 0 Å². The average Bonchev–Trinajstić information content (AvgIpc) is 3.37. The summed E-state index contributed by atoms with van der Waals surface area (Å²) in [7, 11) is 0. The average molecular weight is 474 g/mol. The van der Waals surface area contributed by atoms with Crippen molar-refractivity contribution in [3.63, 3.8) is 0 Å². The minimum absolute atomic E-state index is 0.0896. The van der Waals surface area contributed by atoms with Crippen LogP contribution in [0.3, 0.4) is 0 Å². The number of hydrogen-bond donors (Lipinski definition) is 2. The van der Waals surface area contributed by atoms with Gasteiger partial charge < -0.3 is 14.8 Å². The molecule has 6 rings (SSSR count). The Morgan fingerprint density at radius 1 is 1.23 bits per heavy atom. The number of aliphatic hydroxyl groups is 1. The smallest absolute Gasteiger partial charge is 0.334 e. The van der Waals surface area contributed by atoms with E-state index >= 15 is 0 Å². The molecule has 182 valence electrons. The molecule has 4 aromatic rings. The molecule has 8 heteroatoms. The minimum atomic E-state index is -0.391. The van der Waals surface area contributed by atoms with E-state index in [1.165, 1.54) is 0 Å². The molecule has 2 atom stereocenters. The molecule has 0 amide bonds. The van der Waals surface area contributed by atoms with Crippen LogP contribution >= 0.6 is 0 Å². The van der Waals surface area contributed by atoms with Crippen LogP contribution in [0.25, 0.3) is 39.0 Å². The van der Waals surface area contributed by atoms with Crippen LogP contribution in [0.5, 0.6) is 0 Å². The van der Waals surface area contributed by atoms with E-state index in [2.05, 4.69) is 36.0 Å². The number of aromatic nitrogens is 5. The molecular formula is C27H31N5O3. The van der Waals surface area contributed by atoms with Gasteiger partial charge in [-0.2, -0.15) is 0 Å². The molecular weight excluding hydrogens is 442 g/mol. The van der Waals surface area contributed by atoms with Gasteiger partial charge in [0.1, 0.15) is 5.65 Å². The quantitative estimate of drug-likeness (QED) is 0.460.